The molecular formula is C15H20N4O2. The molecule has 1 aromatic heterocycles. The first kappa shape index (κ1) is 14.9. The maximum atomic E-state index is 5.86. The summed E-state index contributed by atoms with van der Waals surface area (Å²) in [6, 6.07) is 5.83. The molecule has 0 fully saturated rings. The van der Waals surface area contributed by atoms with Gasteiger partial charge in [0.2, 0.25) is 5.95 Å². The fourth-order valence-electron chi connectivity index (χ4n) is 2.00. The van der Waals surface area contributed by atoms with Gasteiger partial charge in [0.15, 0.2) is 11.5 Å². The van der Waals surface area contributed by atoms with Crippen molar-refractivity contribution in [2.24, 2.45) is 0 Å². The Bertz CT molecular complexity index is 617. The summed E-state index contributed by atoms with van der Waals surface area (Å²) in [5.41, 5.74) is 13.2. The molecule has 1 heterocycles. The van der Waals surface area contributed by atoms with Gasteiger partial charge in [-0.05, 0) is 31.5 Å². The highest BCUT2D eigenvalue weighted by molar-refractivity contribution is 5.48. The highest BCUT2D eigenvalue weighted by Gasteiger charge is 2.09. The zero-order valence-corrected chi connectivity index (χ0v) is 12.3. The molecule has 4 N–H and O–H groups in total. The van der Waals surface area contributed by atoms with E-state index in [-0.39, 0.29) is 5.95 Å². The van der Waals surface area contributed by atoms with Crippen molar-refractivity contribution in [2.75, 3.05) is 24.7 Å². The van der Waals surface area contributed by atoms with E-state index >= 15 is 0 Å². The van der Waals surface area contributed by atoms with E-state index in [4.69, 9.17) is 20.9 Å². The van der Waals surface area contributed by atoms with Gasteiger partial charge in [-0.15, -0.1) is 0 Å². The van der Waals surface area contributed by atoms with Gasteiger partial charge in [-0.25, -0.2) is 4.98 Å². The van der Waals surface area contributed by atoms with Crippen molar-refractivity contribution in [3.05, 3.63) is 35.5 Å². The number of hydrogen-bond acceptors (Lipinski definition) is 6. The molecule has 0 spiro atoms. The molecule has 2 aromatic rings. The summed E-state index contributed by atoms with van der Waals surface area (Å²) >= 11 is 0. The van der Waals surface area contributed by atoms with Gasteiger partial charge in [0.05, 0.1) is 13.2 Å². The van der Waals surface area contributed by atoms with Gasteiger partial charge in [-0.1, -0.05) is 6.07 Å². The van der Waals surface area contributed by atoms with Crippen LogP contribution < -0.4 is 20.9 Å². The number of nitrogen functional groups attached to an aromatic ring is 2. The van der Waals surface area contributed by atoms with Crippen LogP contribution in [0.3, 0.4) is 0 Å². The van der Waals surface area contributed by atoms with E-state index in [0.29, 0.717) is 25.5 Å². The van der Waals surface area contributed by atoms with Crippen LogP contribution >= 0.6 is 0 Å². The van der Waals surface area contributed by atoms with Gasteiger partial charge in [-0.2, -0.15) is 4.98 Å². The Morgan fingerprint density at radius 3 is 2.43 bits per heavy atom. The van der Waals surface area contributed by atoms with Crippen LogP contribution in [0.15, 0.2) is 24.4 Å². The summed E-state index contributed by atoms with van der Waals surface area (Å²) in [5, 5.41) is 0. The minimum absolute atomic E-state index is 0.179. The lowest BCUT2D eigenvalue weighted by Gasteiger charge is -2.12. The number of nitrogens with zero attached hydrogens (tertiary/aromatic N) is 2. The summed E-state index contributed by atoms with van der Waals surface area (Å²) in [7, 11) is 0. The summed E-state index contributed by atoms with van der Waals surface area (Å²) in [5.74, 6) is 2.05. The number of anilines is 2. The minimum atomic E-state index is 0.179. The van der Waals surface area contributed by atoms with E-state index in [1.54, 1.807) is 6.20 Å². The van der Waals surface area contributed by atoms with Crippen molar-refractivity contribution in [2.45, 2.75) is 20.3 Å². The Kier molecular flexibility index (Phi) is 4.81. The molecule has 0 aliphatic rings. The molecule has 1 aromatic carbocycles. The van der Waals surface area contributed by atoms with E-state index in [9.17, 15) is 0 Å². The first-order valence-corrected chi connectivity index (χ1v) is 6.89. The van der Waals surface area contributed by atoms with Gasteiger partial charge < -0.3 is 20.9 Å². The fourth-order valence-corrected chi connectivity index (χ4v) is 2.00. The number of aromatic nitrogens is 2. The van der Waals surface area contributed by atoms with E-state index in [0.717, 1.165) is 22.6 Å². The Balaban J connectivity index is 2.25. The highest BCUT2D eigenvalue weighted by Crippen LogP contribution is 2.29. The van der Waals surface area contributed by atoms with Crippen molar-refractivity contribution in [1.82, 2.24) is 9.97 Å². The largest absolute Gasteiger partial charge is 0.490 e. The second-order valence-electron chi connectivity index (χ2n) is 4.46. The lowest BCUT2D eigenvalue weighted by atomic mass is 10.1. The smallest absolute Gasteiger partial charge is 0.221 e. The second kappa shape index (κ2) is 6.78. The van der Waals surface area contributed by atoms with Crippen LogP contribution in [0.2, 0.25) is 0 Å². The van der Waals surface area contributed by atoms with Crippen molar-refractivity contribution < 1.29 is 9.47 Å². The monoisotopic (exact) mass is 288 g/mol. The lowest BCUT2D eigenvalue weighted by molar-refractivity contribution is 0.287. The van der Waals surface area contributed by atoms with Crippen molar-refractivity contribution in [1.29, 1.82) is 0 Å². The number of ether oxygens (including phenoxy) is 2. The third-order valence-corrected chi connectivity index (χ3v) is 2.92. The van der Waals surface area contributed by atoms with E-state index in [1.807, 2.05) is 32.0 Å². The molecule has 0 aliphatic heterocycles. The van der Waals surface area contributed by atoms with E-state index < -0.39 is 0 Å². The average Bonchev–Trinajstić information content (AvgIpc) is 2.45. The molecule has 0 bridgehead atoms. The van der Waals surface area contributed by atoms with Crippen LogP contribution in [0.25, 0.3) is 0 Å². The Labute approximate surface area is 124 Å². The molecule has 2 rings (SSSR count). The van der Waals surface area contributed by atoms with Crippen LogP contribution in [0.5, 0.6) is 11.5 Å². The summed E-state index contributed by atoms with van der Waals surface area (Å²) in [6.45, 7) is 5.05. The molecule has 0 aliphatic carbocycles. The van der Waals surface area contributed by atoms with Gasteiger partial charge in [-0.3, -0.25) is 0 Å². The van der Waals surface area contributed by atoms with Crippen molar-refractivity contribution >= 4 is 11.8 Å². The highest BCUT2D eigenvalue weighted by atomic mass is 16.5. The number of rotatable bonds is 6. The molecule has 21 heavy (non-hydrogen) atoms. The summed E-state index contributed by atoms with van der Waals surface area (Å²) in [4.78, 5) is 7.94. The lowest BCUT2D eigenvalue weighted by Crippen LogP contribution is -2.04. The Morgan fingerprint density at radius 1 is 1.05 bits per heavy atom. The quantitative estimate of drug-likeness (QED) is 0.844. The number of benzene rings is 1. The first-order valence-electron chi connectivity index (χ1n) is 6.89. The summed E-state index contributed by atoms with van der Waals surface area (Å²) < 4.78 is 11.2. The predicted molar refractivity (Wildman–Crippen MR) is 82.4 cm³/mol. The Hall–Kier alpha value is -2.50. The van der Waals surface area contributed by atoms with Crippen LogP contribution in [-0.4, -0.2) is 23.2 Å². The van der Waals surface area contributed by atoms with Crippen molar-refractivity contribution in [3.63, 3.8) is 0 Å². The maximum Gasteiger partial charge on any atom is 0.221 e. The molecule has 0 amide bonds. The van der Waals surface area contributed by atoms with Gasteiger partial charge >= 0.3 is 0 Å². The third-order valence-electron chi connectivity index (χ3n) is 2.92. The zero-order chi connectivity index (χ0) is 15.2. The van der Waals surface area contributed by atoms with Crippen LogP contribution in [0, 0.1) is 0 Å². The molecule has 6 heteroatoms. The fraction of sp³-hybridized carbons (Fsp3) is 0.333. The van der Waals surface area contributed by atoms with E-state index in [2.05, 4.69) is 9.97 Å². The first-order chi connectivity index (χ1) is 10.1. The molecular weight excluding hydrogens is 268 g/mol. The Morgan fingerprint density at radius 2 is 1.76 bits per heavy atom. The predicted octanol–water partition coefficient (Wildman–Crippen LogP) is 2.03. The molecule has 6 nitrogen and oxygen atoms in total. The third kappa shape index (κ3) is 3.75. The minimum Gasteiger partial charge on any atom is -0.490 e. The summed E-state index contributed by atoms with van der Waals surface area (Å²) in [6.07, 6.45) is 2.26. The van der Waals surface area contributed by atoms with Crippen LogP contribution in [0.1, 0.15) is 25.0 Å². The SMILES string of the molecule is CCOc1ccc(Cc2cnc(N)nc2N)cc1OCC. The van der Waals surface area contributed by atoms with Crippen molar-refractivity contribution in [3.8, 4) is 11.5 Å². The van der Waals surface area contributed by atoms with Gasteiger partial charge in [0, 0.05) is 18.2 Å². The molecule has 0 saturated carbocycles. The van der Waals surface area contributed by atoms with Crippen LogP contribution in [-0.2, 0) is 6.42 Å². The normalized spacial score (nSPS) is 10.4. The molecule has 0 radical (unpaired) electrons. The maximum absolute atomic E-state index is 5.86. The van der Waals surface area contributed by atoms with Crippen LogP contribution in [0.4, 0.5) is 11.8 Å². The second-order valence-corrected chi connectivity index (χ2v) is 4.46. The van der Waals surface area contributed by atoms with E-state index in [1.165, 1.54) is 0 Å². The number of nitrogens with two attached hydrogens (primary N) is 2. The van der Waals surface area contributed by atoms with Gasteiger partial charge in [0.1, 0.15) is 5.82 Å². The number of hydrogen-bond donors (Lipinski definition) is 2. The zero-order valence-electron chi connectivity index (χ0n) is 12.3. The average molecular weight is 288 g/mol. The standard InChI is InChI=1S/C15H20N4O2/c1-3-20-12-6-5-10(8-13(12)21-4-2)7-11-9-18-15(17)19-14(11)16/h5-6,8-9H,3-4,7H2,1-2H3,(H4,16,17,18,19). The molecule has 112 valence electrons. The van der Waals surface area contributed by atoms with Gasteiger partial charge in [0.25, 0.3) is 0 Å². The topological polar surface area (TPSA) is 96.3 Å². The molecule has 0 atom stereocenters. The molecule has 0 unspecified atom stereocenters. The molecule has 0 saturated heterocycles.